The first-order chi connectivity index (χ1) is 14.9. The standard InChI is InChI=1S/C24H26ClN3O3/c1-26-13-11-18(12-14-26)27(2)22-21(16-7-9-17(25)10-8-16)23(29)28(24(22)30)19-5-4-6-20(15-19)31-3/h4-10,15,18H,11-14H2,1-3H3. The number of likely N-dealkylation sites (tertiary alicyclic amines) is 1. The molecule has 162 valence electrons. The van der Waals surface area contributed by atoms with Crippen LogP contribution in [0.5, 0.6) is 5.75 Å². The summed E-state index contributed by atoms with van der Waals surface area (Å²) in [5, 5.41) is 0.580. The zero-order chi connectivity index (χ0) is 22.1. The maximum absolute atomic E-state index is 13.6. The van der Waals surface area contributed by atoms with E-state index in [0.717, 1.165) is 25.9 Å². The molecule has 7 heteroatoms. The SMILES string of the molecule is COc1cccc(N2C(=O)C(c3ccc(Cl)cc3)=C(N(C)C3CCN(C)CC3)C2=O)c1. The van der Waals surface area contributed by atoms with E-state index in [9.17, 15) is 9.59 Å². The number of amides is 2. The van der Waals surface area contributed by atoms with E-state index < -0.39 is 0 Å². The number of likely N-dealkylation sites (N-methyl/N-ethyl adjacent to an activating group) is 1. The normalized spacial score (nSPS) is 18.1. The number of piperidine rings is 1. The molecule has 0 bridgehead atoms. The lowest BCUT2D eigenvalue weighted by Gasteiger charge is -2.36. The molecule has 1 fully saturated rings. The minimum atomic E-state index is -0.338. The van der Waals surface area contributed by atoms with Crippen molar-refractivity contribution in [2.24, 2.45) is 0 Å². The molecule has 2 aromatic carbocycles. The molecule has 0 N–H and O–H groups in total. The van der Waals surface area contributed by atoms with E-state index in [1.165, 1.54) is 4.90 Å². The van der Waals surface area contributed by atoms with Crippen molar-refractivity contribution >= 4 is 34.7 Å². The number of carbonyl (C=O) groups excluding carboxylic acids is 2. The highest BCUT2D eigenvalue weighted by molar-refractivity contribution is 6.45. The van der Waals surface area contributed by atoms with Gasteiger partial charge in [-0.15, -0.1) is 0 Å². The van der Waals surface area contributed by atoms with Crippen LogP contribution < -0.4 is 9.64 Å². The zero-order valence-corrected chi connectivity index (χ0v) is 18.7. The number of nitrogens with zero attached hydrogens (tertiary/aromatic N) is 3. The number of hydrogen-bond donors (Lipinski definition) is 0. The molecule has 0 atom stereocenters. The van der Waals surface area contributed by atoms with Crippen LogP contribution in [0.15, 0.2) is 54.2 Å². The Hall–Kier alpha value is -2.83. The van der Waals surface area contributed by atoms with Gasteiger partial charge in [-0.05, 0) is 62.8 Å². The Morgan fingerprint density at radius 2 is 1.71 bits per heavy atom. The second-order valence-electron chi connectivity index (χ2n) is 8.02. The van der Waals surface area contributed by atoms with Gasteiger partial charge in [0.1, 0.15) is 11.4 Å². The van der Waals surface area contributed by atoms with Crippen LogP contribution in [0.25, 0.3) is 5.57 Å². The number of carbonyl (C=O) groups is 2. The van der Waals surface area contributed by atoms with Crippen LogP contribution >= 0.6 is 11.6 Å². The summed E-state index contributed by atoms with van der Waals surface area (Å²) in [4.78, 5) is 32.8. The predicted octanol–water partition coefficient (Wildman–Crippen LogP) is 3.66. The van der Waals surface area contributed by atoms with Crippen LogP contribution in [0.1, 0.15) is 18.4 Å². The van der Waals surface area contributed by atoms with Crippen molar-refractivity contribution in [1.29, 1.82) is 0 Å². The number of halogens is 1. The van der Waals surface area contributed by atoms with Gasteiger partial charge >= 0.3 is 0 Å². The summed E-state index contributed by atoms with van der Waals surface area (Å²) in [6.45, 7) is 1.92. The van der Waals surface area contributed by atoms with Crippen LogP contribution in [-0.4, -0.2) is 62.0 Å². The Balaban J connectivity index is 1.78. The number of rotatable bonds is 5. The van der Waals surface area contributed by atoms with Crippen LogP contribution in [-0.2, 0) is 9.59 Å². The van der Waals surface area contributed by atoms with Gasteiger partial charge < -0.3 is 14.5 Å². The second-order valence-corrected chi connectivity index (χ2v) is 8.46. The third kappa shape index (κ3) is 4.05. The molecular formula is C24H26ClN3O3. The van der Waals surface area contributed by atoms with Crippen molar-refractivity contribution in [2.75, 3.05) is 39.2 Å². The van der Waals surface area contributed by atoms with E-state index >= 15 is 0 Å². The molecule has 0 saturated carbocycles. The minimum Gasteiger partial charge on any atom is -0.497 e. The Morgan fingerprint density at radius 3 is 2.35 bits per heavy atom. The molecule has 4 rings (SSSR count). The summed E-state index contributed by atoms with van der Waals surface area (Å²) in [7, 11) is 5.58. The van der Waals surface area contributed by atoms with Crippen LogP contribution in [0.3, 0.4) is 0 Å². The summed E-state index contributed by atoms with van der Waals surface area (Å²) in [6, 6.07) is 14.3. The van der Waals surface area contributed by atoms with Crippen molar-refractivity contribution in [1.82, 2.24) is 9.80 Å². The highest BCUT2D eigenvalue weighted by Crippen LogP contribution is 2.37. The monoisotopic (exact) mass is 439 g/mol. The first kappa shape index (κ1) is 21.4. The predicted molar refractivity (Wildman–Crippen MR) is 122 cm³/mol. The van der Waals surface area contributed by atoms with Crippen molar-refractivity contribution in [2.45, 2.75) is 18.9 Å². The van der Waals surface area contributed by atoms with Crippen LogP contribution in [0, 0.1) is 0 Å². The van der Waals surface area contributed by atoms with Crippen LogP contribution in [0.2, 0.25) is 5.02 Å². The number of anilines is 1. The third-order valence-electron chi connectivity index (χ3n) is 6.09. The van der Waals surface area contributed by atoms with E-state index in [1.54, 1.807) is 55.6 Å². The molecule has 0 unspecified atom stereocenters. The number of benzene rings is 2. The minimum absolute atomic E-state index is 0.190. The van der Waals surface area contributed by atoms with Gasteiger partial charge in [-0.25, -0.2) is 4.90 Å². The highest BCUT2D eigenvalue weighted by atomic mass is 35.5. The van der Waals surface area contributed by atoms with Gasteiger partial charge in [0.25, 0.3) is 11.8 Å². The summed E-state index contributed by atoms with van der Waals surface area (Å²) < 4.78 is 5.30. The van der Waals surface area contributed by atoms with E-state index in [4.69, 9.17) is 16.3 Å². The molecule has 0 radical (unpaired) electrons. The molecule has 6 nitrogen and oxygen atoms in total. The van der Waals surface area contributed by atoms with Crippen molar-refractivity contribution in [3.05, 3.63) is 64.8 Å². The molecule has 2 amide bonds. The third-order valence-corrected chi connectivity index (χ3v) is 6.34. The summed E-state index contributed by atoms with van der Waals surface area (Å²) in [5.41, 5.74) is 2.02. The molecule has 0 aromatic heterocycles. The molecule has 2 aliphatic rings. The number of methoxy groups -OCH3 is 1. The fraction of sp³-hybridized carbons (Fsp3) is 0.333. The number of hydrogen-bond acceptors (Lipinski definition) is 5. The van der Waals surface area contributed by atoms with Crippen molar-refractivity contribution in [3.8, 4) is 5.75 Å². The van der Waals surface area contributed by atoms with Crippen molar-refractivity contribution < 1.29 is 14.3 Å². The lowest BCUT2D eigenvalue weighted by atomic mass is 10.0. The quantitative estimate of drug-likeness (QED) is 0.665. The molecule has 1 saturated heterocycles. The summed E-state index contributed by atoms with van der Waals surface area (Å²) in [6.07, 6.45) is 1.87. The zero-order valence-electron chi connectivity index (χ0n) is 18.0. The molecule has 0 spiro atoms. The topological polar surface area (TPSA) is 53.1 Å². The lowest BCUT2D eigenvalue weighted by Crippen LogP contribution is -2.43. The van der Waals surface area contributed by atoms with Crippen LogP contribution in [0.4, 0.5) is 5.69 Å². The molecule has 2 heterocycles. The van der Waals surface area contributed by atoms with E-state index in [0.29, 0.717) is 33.3 Å². The number of ether oxygens (including phenoxy) is 1. The van der Waals surface area contributed by atoms with Gasteiger partial charge in [0.2, 0.25) is 0 Å². The van der Waals surface area contributed by atoms with Crippen molar-refractivity contribution in [3.63, 3.8) is 0 Å². The fourth-order valence-electron chi connectivity index (χ4n) is 4.27. The molecule has 2 aromatic rings. The van der Waals surface area contributed by atoms with Gasteiger partial charge in [0.15, 0.2) is 0 Å². The fourth-order valence-corrected chi connectivity index (χ4v) is 4.40. The van der Waals surface area contributed by atoms with Gasteiger partial charge in [0.05, 0.1) is 18.4 Å². The maximum Gasteiger partial charge on any atom is 0.282 e. The van der Waals surface area contributed by atoms with Gasteiger partial charge in [-0.3, -0.25) is 9.59 Å². The van der Waals surface area contributed by atoms with Gasteiger partial charge in [-0.1, -0.05) is 29.8 Å². The second kappa shape index (κ2) is 8.73. The average Bonchev–Trinajstić information content (AvgIpc) is 3.04. The number of imide groups is 1. The summed E-state index contributed by atoms with van der Waals surface area (Å²) in [5.74, 6) is -0.0664. The Labute approximate surface area is 187 Å². The average molecular weight is 440 g/mol. The Bertz CT molecular complexity index is 1030. The van der Waals surface area contributed by atoms with Gasteiger partial charge in [-0.2, -0.15) is 0 Å². The van der Waals surface area contributed by atoms with E-state index in [2.05, 4.69) is 11.9 Å². The Morgan fingerprint density at radius 1 is 1.03 bits per heavy atom. The molecule has 31 heavy (non-hydrogen) atoms. The van der Waals surface area contributed by atoms with E-state index in [1.807, 2.05) is 11.9 Å². The molecule has 2 aliphatic heterocycles. The molecule has 0 aliphatic carbocycles. The van der Waals surface area contributed by atoms with Gasteiger partial charge in [0, 0.05) is 24.2 Å². The smallest absolute Gasteiger partial charge is 0.282 e. The first-order valence-corrected chi connectivity index (χ1v) is 10.7. The maximum atomic E-state index is 13.6. The lowest BCUT2D eigenvalue weighted by molar-refractivity contribution is -0.120. The van der Waals surface area contributed by atoms with E-state index in [-0.39, 0.29) is 17.9 Å². The largest absolute Gasteiger partial charge is 0.497 e. The molecular weight excluding hydrogens is 414 g/mol. The first-order valence-electron chi connectivity index (χ1n) is 10.3. The Kier molecular flexibility index (Phi) is 6.03. The summed E-state index contributed by atoms with van der Waals surface area (Å²) >= 11 is 6.07. The highest BCUT2D eigenvalue weighted by Gasteiger charge is 2.43.